The van der Waals surface area contributed by atoms with Crippen LogP contribution in [0.5, 0.6) is 5.75 Å². The smallest absolute Gasteiger partial charge is 0.268 e. The van der Waals surface area contributed by atoms with E-state index in [1.165, 1.54) is 3.97 Å². The van der Waals surface area contributed by atoms with Crippen molar-refractivity contribution in [1.29, 1.82) is 0 Å². The minimum absolute atomic E-state index is 0.277. The van der Waals surface area contributed by atoms with Gasteiger partial charge in [0.25, 0.3) is 10.0 Å². The Bertz CT molecular complexity index is 1120. The Morgan fingerprint density at radius 3 is 2.85 bits per heavy atom. The maximum Gasteiger partial charge on any atom is 0.268 e. The molecule has 4 heterocycles. The van der Waals surface area contributed by atoms with Crippen molar-refractivity contribution in [3.05, 3.63) is 48.3 Å². The van der Waals surface area contributed by atoms with Crippen molar-refractivity contribution >= 4 is 26.7 Å². The Morgan fingerprint density at radius 1 is 1.15 bits per heavy atom. The summed E-state index contributed by atoms with van der Waals surface area (Å²) < 4.78 is 33.7. The van der Waals surface area contributed by atoms with E-state index in [9.17, 15) is 8.42 Å². The summed E-state index contributed by atoms with van der Waals surface area (Å²) in [5, 5.41) is 3.32. The van der Waals surface area contributed by atoms with Gasteiger partial charge in [0.1, 0.15) is 11.3 Å². The molecule has 1 saturated heterocycles. The van der Waals surface area contributed by atoms with Crippen LogP contribution < -0.4 is 15.0 Å². The molecule has 1 aromatic carbocycles. The molecular weight excluding hydrogens is 364 g/mol. The summed E-state index contributed by atoms with van der Waals surface area (Å²) in [6, 6.07) is 8.67. The number of hydrogen-bond donors (Lipinski definition) is 1. The highest BCUT2D eigenvalue weighted by molar-refractivity contribution is 7.90. The molecule has 1 N–H and O–H groups in total. The van der Waals surface area contributed by atoms with Crippen molar-refractivity contribution in [2.24, 2.45) is 0 Å². The second kappa shape index (κ2) is 6.24. The standard InChI is InChI=1S/C19H20N4O3S/c24-27(25,15-3-4-18-14(12-15)5-11-26-18)23-13-17(22-9-7-20-8-10-22)19-16(23)2-1-6-21-19/h1-4,6,12-13,20H,5,7-11H2. The van der Waals surface area contributed by atoms with Gasteiger partial charge < -0.3 is 15.0 Å². The van der Waals surface area contributed by atoms with Gasteiger partial charge in [-0.15, -0.1) is 0 Å². The highest BCUT2D eigenvalue weighted by Gasteiger charge is 2.26. The van der Waals surface area contributed by atoms with Crippen LogP contribution in [-0.4, -0.2) is 50.2 Å². The second-order valence-electron chi connectivity index (χ2n) is 6.79. The van der Waals surface area contributed by atoms with E-state index >= 15 is 0 Å². The zero-order valence-electron chi connectivity index (χ0n) is 14.8. The molecule has 0 aliphatic carbocycles. The molecule has 8 heteroatoms. The number of nitrogens with zero attached hydrogens (tertiary/aromatic N) is 3. The van der Waals surface area contributed by atoms with E-state index in [0.717, 1.165) is 49.6 Å². The normalized spacial score (nSPS) is 17.1. The molecule has 27 heavy (non-hydrogen) atoms. The average Bonchev–Trinajstić information content (AvgIpc) is 3.33. The molecule has 2 aromatic heterocycles. The Hall–Kier alpha value is -2.58. The summed E-state index contributed by atoms with van der Waals surface area (Å²) in [5.74, 6) is 0.773. The first kappa shape index (κ1) is 16.6. The first-order valence-corrected chi connectivity index (χ1v) is 10.5. The van der Waals surface area contributed by atoms with E-state index < -0.39 is 10.0 Å². The fraction of sp³-hybridized carbons (Fsp3) is 0.316. The van der Waals surface area contributed by atoms with Gasteiger partial charge in [0.05, 0.1) is 22.7 Å². The Morgan fingerprint density at radius 2 is 2.00 bits per heavy atom. The van der Waals surface area contributed by atoms with Crippen LogP contribution in [0.2, 0.25) is 0 Å². The monoisotopic (exact) mass is 384 g/mol. The van der Waals surface area contributed by atoms with Gasteiger partial charge in [-0.3, -0.25) is 4.98 Å². The van der Waals surface area contributed by atoms with Crippen LogP contribution in [-0.2, 0) is 16.4 Å². The highest BCUT2D eigenvalue weighted by atomic mass is 32.2. The van der Waals surface area contributed by atoms with Gasteiger partial charge in [0, 0.05) is 45.0 Å². The van der Waals surface area contributed by atoms with Gasteiger partial charge in [-0.1, -0.05) is 0 Å². The lowest BCUT2D eigenvalue weighted by atomic mass is 10.2. The van der Waals surface area contributed by atoms with Gasteiger partial charge in [-0.25, -0.2) is 12.4 Å². The number of rotatable bonds is 3. The van der Waals surface area contributed by atoms with E-state index in [0.29, 0.717) is 17.6 Å². The summed E-state index contributed by atoms with van der Waals surface area (Å²) in [6.07, 6.45) is 4.15. The zero-order valence-corrected chi connectivity index (χ0v) is 15.6. The van der Waals surface area contributed by atoms with Gasteiger partial charge in [-0.2, -0.15) is 0 Å². The van der Waals surface area contributed by atoms with E-state index in [-0.39, 0.29) is 4.90 Å². The maximum absolute atomic E-state index is 13.4. The number of ether oxygens (including phenoxy) is 1. The molecule has 1 fully saturated rings. The van der Waals surface area contributed by atoms with Crippen molar-refractivity contribution in [2.45, 2.75) is 11.3 Å². The van der Waals surface area contributed by atoms with E-state index in [4.69, 9.17) is 4.74 Å². The molecule has 0 spiro atoms. The lowest BCUT2D eigenvalue weighted by molar-refractivity contribution is 0.356. The third-order valence-electron chi connectivity index (χ3n) is 5.18. The third-order valence-corrected chi connectivity index (χ3v) is 6.85. The van der Waals surface area contributed by atoms with Crippen LogP contribution in [0, 0.1) is 0 Å². The van der Waals surface area contributed by atoms with Gasteiger partial charge in [0.15, 0.2) is 0 Å². The maximum atomic E-state index is 13.4. The number of aromatic nitrogens is 2. The molecule has 2 aliphatic rings. The van der Waals surface area contributed by atoms with Crippen molar-refractivity contribution in [2.75, 3.05) is 37.7 Å². The molecule has 0 bridgehead atoms. The predicted molar refractivity (Wildman–Crippen MR) is 103 cm³/mol. The summed E-state index contributed by atoms with van der Waals surface area (Å²) in [6.45, 7) is 3.99. The van der Waals surface area contributed by atoms with Crippen molar-refractivity contribution < 1.29 is 13.2 Å². The van der Waals surface area contributed by atoms with Gasteiger partial charge in [0.2, 0.25) is 0 Å². The molecule has 0 amide bonds. The Kier molecular flexibility index (Phi) is 3.84. The molecule has 0 unspecified atom stereocenters. The number of hydrogen-bond acceptors (Lipinski definition) is 6. The molecule has 0 atom stereocenters. The van der Waals surface area contributed by atoms with Crippen LogP contribution in [0.15, 0.2) is 47.6 Å². The number of piperazine rings is 1. The van der Waals surface area contributed by atoms with Crippen LogP contribution in [0.1, 0.15) is 5.56 Å². The molecule has 3 aromatic rings. The SMILES string of the molecule is O=S(=O)(c1ccc2c(c1)CCO2)n1cc(N2CCNCC2)c2ncccc21. The quantitative estimate of drug-likeness (QED) is 0.740. The Balaban J connectivity index is 1.66. The van der Waals surface area contributed by atoms with E-state index in [1.54, 1.807) is 36.7 Å². The molecule has 7 nitrogen and oxygen atoms in total. The van der Waals surface area contributed by atoms with Gasteiger partial charge in [-0.05, 0) is 35.9 Å². The largest absolute Gasteiger partial charge is 0.493 e. The van der Waals surface area contributed by atoms with Crippen LogP contribution >= 0.6 is 0 Å². The van der Waals surface area contributed by atoms with E-state index in [2.05, 4.69) is 15.2 Å². The summed E-state index contributed by atoms with van der Waals surface area (Å²) in [5.41, 5.74) is 3.11. The second-order valence-corrected chi connectivity index (χ2v) is 8.61. The number of nitrogens with one attached hydrogen (secondary N) is 1. The average molecular weight is 384 g/mol. The fourth-order valence-corrected chi connectivity index (χ4v) is 5.19. The number of anilines is 1. The van der Waals surface area contributed by atoms with Crippen molar-refractivity contribution in [3.8, 4) is 5.75 Å². The van der Waals surface area contributed by atoms with Gasteiger partial charge >= 0.3 is 0 Å². The first-order valence-electron chi connectivity index (χ1n) is 9.08. The molecular formula is C19H20N4O3S. The first-order chi connectivity index (χ1) is 13.1. The number of pyridine rings is 1. The fourth-order valence-electron chi connectivity index (χ4n) is 3.79. The van der Waals surface area contributed by atoms with Crippen LogP contribution in [0.3, 0.4) is 0 Å². The van der Waals surface area contributed by atoms with E-state index in [1.807, 2.05) is 6.07 Å². The molecule has 0 radical (unpaired) electrons. The lowest BCUT2D eigenvalue weighted by Crippen LogP contribution is -2.43. The summed E-state index contributed by atoms with van der Waals surface area (Å²) in [7, 11) is -3.73. The Labute approximate surface area is 157 Å². The third kappa shape index (κ3) is 2.67. The molecule has 5 rings (SSSR count). The molecule has 0 saturated carbocycles. The van der Waals surface area contributed by atoms with Crippen molar-refractivity contribution in [1.82, 2.24) is 14.3 Å². The number of benzene rings is 1. The molecule has 140 valence electrons. The molecule has 2 aliphatic heterocycles. The summed E-state index contributed by atoms with van der Waals surface area (Å²) in [4.78, 5) is 6.94. The lowest BCUT2D eigenvalue weighted by Gasteiger charge is -2.28. The zero-order chi connectivity index (χ0) is 18.4. The van der Waals surface area contributed by atoms with Crippen LogP contribution in [0.25, 0.3) is 11.0 Å². The highest BCUT2D eigenvalue weighted by Crippen LogP contribution is 2.33. The van der Waals surface area contributed by atoms with Crippen LogP contribution in [0.4, 0.5) is 5.69 Å². The minimum atomic E-state index is -3.73. The minimum Gasteiger partial charge on any atom is -0.493 e. The van der Waals surface area contributed by atoms with Crippen molar-refractivity contribution in [3.63, 3.8) is 0 Å². The number of fused-ring (bicyclic) bond motifs is 2. The predicted octanol–water partition coefficient (Wildman–Crippen LogP) is 1.62. The summed E-state index contributed by atoms with van der Waals surface area (Å²) >= 11 is 0. The topological polar surface area (TPSA) is 76.5 Å².